The van der Waals surface area contributed by atoms with Gasteiger partial charge in [0, 0.05) is 36.9 Å². The molecule has 2 heterocycles. The van der Waals surface area contributed by atoms with Crippen molar-refractivity contribution < 1.29 is 28.7 Å². The molecule has 3 rings (SSSR count). The van der Waals surface area contributed by atoms with Gasteiger partial charge >= 0.3 is 5.97 Å². The number of esters is 1. The Morgan fingerprint density at radius 2 is 2.04 bits per heavy atom. The van der Waals surface area contributed by atoms with Crippen LogP contribution in [0.4, 0.5) is 0 Å². The fourth-order valence-electron chi connectivity index (χ4n) is 4.00. The van der Waals surface area contributed by atoms with Crippen LogP contribution in [-0.2, 0) is 27.3 Å². The van der Waals surface area contributed by atoms with Crippen LogP contribution in [0.2, 0.25) is 0 Å². The molecule has 2 aliphatic rings. The van der Waals surface area contributed by atoms with E-state index in [-0.39, 0.29) is 23.9 Å². The van der Waals surface area contributed by atoms with Crippen LogP contribution in [0.25, 0.3) is 0 Å². The maximum atomic E-state index is 12.4. The van der Waals surface area contributed by atoms with Gasteiger partial charge in [0.25, 0.3) is 5.91 Å². The van der Waals surface area contributed by atoms with Crippen LogP contribution in [-0.4, -0.2) is 51.3 Å². The van der Waals surface area contributed by atoms with Crippen molar-refractivity contribution in [1.29, 1.82) is 0 Å². The highest BCUT2D eigenvalue weighted by atomic mass is 16.5. The molecule has 28 heavy (non-hydrogen) atoms. The van der Waals surface area contributed by atoms with Crippen LogP contribution >= 0.6 is 0 Å². The van der Waals surface area contributed by atoms with Gasteiger partial charge in [0.05, 0.1) is 32.7 Å². The van der Waals surface area contributed by atoms with E-state index in [4.69, 9.17) is 14.2 Å². The van der Waals surface area contributed by atoms with Gasteiger partial charge in [0.15, 0.2) is 6.54 Å². The number of rotatable bonds is 7. The molecule has 1 saturated heterocycles. The number of carbonyl (C=O) groups excluding carboxylic acids is 2. The Labute approximate surface area is 166 Å². The summed E-state index contributed by atoms with van der Waals surface area (Å²) in [5, 5.41) is 3.01. The molecule has 1 fully saturated rings. The van der Waals surface area contributed by atoms with E-state index in [0.717, 1.165) is 55.0 Å². The van der Waals surface area contributed by atoms with E-state index in [0.29, 0.717) is 19.7 Å². The van der Waals surface area contributed by atoms with Gasteiger partial charge in [0.1, 0.15) is 17.6 Å². The third-order valence-corrected chi connectivity index (χ3v) is 5.49. The molecule has 0 aliphatic carbocycles. The maximum absolute atomic E-state index is 12.4. The third-order valence-electron chi connectivity index (χ3n) is 5.49. The number of hydrogen-bond acceptors (Lipinski definition) is 5. The largest absolute Gasteiger partial charge is 0.494 e. The minimum atomic E-state index is -0.139. The Hall–Kier alpha value is -2.28. The predicted molar refractivity (Wildman–Crippen MR) is 104 cm³/mol. The molecule has 0 spiro atoms. The first-order chi connectivity index (χ1) is 13.5. The lowest BCUT2D eigenvalue weighted by molar-refractivity contribution is -0.897. The van der Waals surface area contributed by atoms with Crippen LogP contribution in [0, 0.1) is 5.92 Å². The number of quaternary nitrogens is 1. The molecule has 7 nitrogen and oxygen atoms in total. The van der Waals surface area contributed by atoms with Gasteiger partial charge in [-0.2, -0.15) is 0 Å². The summed E-state index contributed by atoms with van der Waals surface area (Å²) in [6.07, 6.45) is 2.59. The van der Waals surface area contributed by atoms with Crippen molar-refractivity contribution in [3.63, 3.8) is 0 Å². The van der Waals surface area contributed by atoms with Gasteiger partial charge in [-0.3, -0.25) is 9.59 Å². The van der Waals surface area contributed by atoms with Crippen molar-refractivity contribution in [1.82, 2.24) is 5.32 Å². The normalized spacial score (nSPS) is 23.5. The Kier molecular flexibility index (Phi) is 6.78. The summed E-state index contributed by atoms with van der Waals surface area (Å²) < 4.78 is 16.4. The van der Waals surface area contributed by atoms with Crippen molar-refractivity contribution in [3.05, 3.63) is 23.3 Å². The molecule has 1 atom stereocenters. The van der Waals surface area contributed by atoms with Gasteiger partial charge in [0.2, 0.25) is 0 Å². The Morgan fingerprint density at radius 1 is 1.29 bits per heavy atom. The van der Waals surface area contributed by atoms with E-state index in [1.165, 1.54) is 12.0 Å². The predicted octanol–water partition coefficient (Wildman–Crippen LogP) is 0.493. The summed E-state index contributed by atoms with van der Waals surface area (Å²) in [6, 6.07) is 4.02. The van der Waals surface area contributed by atoms with Gasteiger partial charge in [-0.25, -0.2) is 0 Å². The fraction of sp³-hybridized carbons (Fsp3) is 0.619. The number of nitrogens with one attached hydrogen (secondary N) is 2. The average molecular weight is 391 g/mol. The fourth-order valence-corrected chi connectivity index (χ4v) is 4.00. The molecule has 0 bridgehead atoms. The maximum Gasteiger partial charge on any atom is 0.309 e. The Balaban J connectivity index is 1.52. The zero-order chi connectivity index (χ0) is 20.1. The van der Waals surface area contributed by atoms with Crippen LogP contribution in [0.15, 0.2) is 12.1 Å². The first kappa shape index (κ1) is 20.5. The number of benzene rings is 1. The molecule has 0 aromatic heterocycles. The van der Waals surface area contributed by atoms with E-state index in [1.54, 1.807) is 0 Å². The zero-order valence-electron chi connectivity index (χ0n) is 17.0. The van der Waals surface area contributed by atoms with Gasteiger partial charge in [-0.15, -0.1) is 0 Å². The highest BCUT2D eigenvalue weighted by molar-refractivity contribution is 5.77. The van der Waals surface area contributed by atoms with Crippen LogP contribution in [0.3, 0.4) is 0 Å². The number of carbonyl (C=O) groups is 2. The van der Waals surface area contributed by atoms with Crippen molar-refractivity contribution in [2.75, 3.05) is 33.4 Å². The highest BCUT2D eigenvalue weighted by Crippen LogP contribution is 2.35. The molecular formula is C21H31N2O5+. The summed E-state index contributed by atoms with van der Waals surface area (Å²) in [5.41, 5.74) is 2.09. The molecule has 2 N–H and O–H groups in total. The topological polar surface area (TPSA) is 78.3 Å². The molecule has 2 aliphatic heterocycles. The minimum Gasteiger partial charge on any atom is -0.494 e. The zero-order valence-corrected chi connectivity index (χ0v) is 17.0. The second-order valence-electron chi connectivity index (χ2n) is 7.63. The lowest BCUT2D eigenvalue weighted by Gasteiger charge is -2.27. The number of piperidine rings is 1. The molecule has 7 heteroatoms. The van der Waals surface area contributed by atoms with Gasteiger partial charge < -0.3 is 24.4 Å². The molecule has 1 amide bonds. The van der Waals surface area contributed by atoms with E-state index in [9.17, 15) is 9.59 Å². The number of fused-ring (bicyclic) bond motifs is 1. The second-order valence-corrected chi connectivity index (χ2v) is 7.63. The molecule has 0 radical (unpaired) electrons. The molecule has 0 saturated carbocycles. The summed E-state index contributed by atoms with van der Waals surface area (Å²) >= 11 is 0. The van der Waals surface area contributed by atoms with E-state index < -0.39 is 0 Å². The summed E-state index contributed by atoms with van der Waals surface area (Å²) in [7, 11) is 1.43. The highest BCUT2D eigenvalue weighted by Gasteiger charge is 2.29. The standard InChI is InChI=1S/C21H30N2O5/c1-4-27-18-10-16-9-14(2)28-19(16)11-17(18)12-22-20(24)13-23-7-5-15(6-8-23)21(25)26-3/h10-11,14-15H,4-9,12-13H2,1-3H3,(H,22,24)/p+1/t14-/m1/s1. The van der Waals surface area contributed by atoms with Crippen molar-refractivity contribution in [2.24, 2.45) is 5.92 Å². The first-order valence-corrected chi connectivity index (χ1v) is 10.1. The quantitative estimate of drug-likeness (QED) is 0.662. The molecular weight excluding hydrogens is 360 g/mol. The van der Waals surface area contributed by atoms with Crippen molar-refractivity contribution in [2.45, 2.75) is 45.8 Å². The van der Waals surface area contributed by atoms with Gasteiger partial charge in [-0.05, 0) is 26.0 Å². The smallest absolute Gasteiger partial charge is 0.309 e. The van der Waals surface area contributed by atoms with Crippen LogP contribution in [0.5, 0.6) is 11.5 Å². The van der Waals surface area contributed by atoms with E-state index >= 15 is 0 Å². The minimum absolute atomic E-state index is 0.00347. The summed E-state index contributed by atoms with van der Waals surface area (Å²) in [4.78, 5) is 25.2. The number of hydrogen-bond donors (Lipinski definition) is 2. The molecule has 1 aromatic rings. The summed E-state index contributed by atoms with van der Waals surface area (Å²) in [6.45, 7) is 7.02. The third kappa shape index (κ3) is 4.95. The molecule has 1 aromatic carbocycles. The van der Waals surface area contributed by atoms with Crippen LogP contribution < -0.4 is 19.7 Å². The summed E-state index contributed by atoms with van der Waals surface area (Å²) in [5.74, 6) is 1.53. The van der Waals surface area contributed by atoms with Gasteiger partial charge in [-0.1, -0.05) is 0 Å². The Morgan fingerprint density at radius 3 is 2.71 bits per heavy atom. The lowest BCUT2D eigenvalue weighted by atomic mass is 9.97. The number of ether oxygens (including phenoxy) is 3. The SMILES string of the molecule is CCOc1cc2c(cc1CNC(=O)C[NH+]1CCC(C(=O)OC)CC1)O[C@H](C)C2. The number of amides is 1. The average Bonchev–Trinajstić information content (AvgIpc) is 3.05. The molecule has 154 valence electrons. The lowest BCUT2D eigenvalue weighted by Crippen LogP contribution is -3.14. The molecule has 0 unspecified atom stereocenters. The van der Waals surface area contributed by atoms with E-state index in [1.807, 2.05) is 26.0 Å². The second kappa shape index (κ2) is 9.28. The monoisotopic (exact) mass is 391 g/mol. The van der Waals surface area contributed by atoms with Crippen molar-refractivity contribution >= 4 is 11.9 Å². The van der Waals surface area contributed by atoms with Crippen molar-refractivity contribution in [3.8, 4) is 11.5 Å². The van der Waals surface area contributed by atoms with E-state index in [2.05, 4.69) is 5.32 Å². The Bertz CT molecular complexity index is 713. The number of methoxy groups -OCH3 is 1. The first-order valence-electron chi connectivity index (χ1n) is 10.1. The van der Waals surface area contributed by atoms with Crippen LogP contribution in [0.1, 0.15) is 37.8 Å². The number of likely N-dealkylation sites (tertiary alicyclic amines) is 1.